The van der Waals surface area contributed by atoms with Gasteiger partial charge in [-0.25, -0.2) is 9.97 Å². The molecular weight excluding hydrogens is 314 g/mol. The van der Waals surface area contributed by atoms with Gasteiger partial charge in [0.1, 0.15) is 11.6 Å². The molecule has 0 spiro atoms. The molecule has 3 aromatic rings. The summed E-state index contributed by atoms with van der Waals surface area (Å²) in [6.45, 7) is 1.69. The van der Waals surface area contributed by atoms with Crippen molar-refractivity contribution in [2.75, 3.05) is 19.0 Å². The second kappa shape index (κ2) is 6.86. The van der Waals surface area contributed by atoms with Crippen LogP contribution in [0, 0.1) is 0 Å². The van der Waals surface area contributed by atoms with Gasteiger partial charge in [0, 0.05) is 54.8 Å². The van der Waals surface area contributed by atoms with Crippen LogP contribution in [0.4, 0.5) is 11.5 Å². The van der Waals surface area contributed by atoms with Gasteiger partial charge in [0.25, 0.3) is 0 Å². The van der Waals surface area contributed by atoms with Gasteiger partial charge in [-0.3, -0.25) is 4.98 Å². The first-order valence-corrected chi connectivity index (χ1v) is 8.25. The number of pyridine rings is 1. The molecule has 1 aromatic carbocycles. The third-order valence-corrected chi connectivity index (χ3v) is 4.20. The average molecular weight is 333 g/mol. The second-order valence-corrected chi connectivity index (χ2v) is 5.84. The Labute approximate surface area is 146 Å². The lowest BCUT2D eigenvalue weighted by atomic mass is 10.1. The topological polar surface area (TPSA) is 72.0 Å². The molecule has 2 aromatic heterocycles. The van der Waals surface area contributed by atoms with Crippen LogP contribution in [0.25, 0.3) is 11.4 Å². The van der Waals surface area contributed by atoms with Crippen LogP contribution in [0.5, 0.6) is 5.75 Å². The van der Waals surface area contributed by atoms with E-state index < -0.39 is 0 Å². The van der Waals surface area contributed by atoms with Gasteiger partial charge >= 0.3 is 0 Å². The number of rotatable bonds is 4. The quantitative estimate of drug-likeness (QED) is 0.765. The van der Waals surface area contributed by atoms with E-state index in [4.69, 9.17) is 14.7 Å². The fourth-order valence-electron chi connectivity index (χ4n) is 2.91. The van der Waals surface area contributed by atoms with Gasteiger partial charge in [-0.2, -0.15) is 0 Å². The first kappa shape index (κ1) is 15.5. The lowest BCUT2D eigenvalue weighted by Crippen LogP contribution is -2.26. The number of hydrogen-bond acceptors (Lipinski definition) is 6. The highest BCUT2D eigenvalue weighted by Crippen LogP contribution is 2.28. The van der Waals surface area contributed by atoms with Crippen molar-refractivity contribution in [2.24, 2.45) is 0 Å². The van der Waals surface area contributed by atoms with Gasteiger partial charge in [-0.1, -0.05) is 6.07 Å². The maximum absolute atomic E-state index is 5.31. The molecule has 25 heavy (non-hydrogen) atoms. The smallest absolute Gasteiger partial charge is 0.161 e. The van der Waals surface area contributed by atoms with E-state index in [0.29, 0.717) is 5.82 Å². The van der Waals surface area contributed by atoms with E-state index in [0.717, 1.165) is 53.6 Å². The Kier molecular flexibility index (Phi) is 4.26. The minimum atomic E-state index is 0.716. The monoisotopic (exact) mass is 333 g/mol. The molecule has 0 radical (unpaired) electrons. The van der Waals surface area contributed by atoms with E-state index in [2.05, 4.69) is 15.6 Å². The molecule has 0 amide bonds. The summed E-state index contributed by atoms with van der Waals surface area (Å²) in [5.41, 5.74) is 4.11. The van der Waals surface area contributed by atoms with Crippen LogP contribution in [0.15, 0.2) is 48.8 Å². The summed E-state index contributed by atoms with van der Waals surface area (Å²) >= 11 is 0. The van der Waals surface area contributed by atoms with Crippen molar-refractivity contribution < 1.29 is 4.74 Å². The van der Waals surface area contributed by atoms with Crippen molar-refractivity contribution in [2.45, 2.75) is 13.0 Å². The molecule has 0 saturated heterocycles. The summed E-state index contributed by atoms with van der Waals surface area (Å²) in [6.07, 6.45) is 4.41. The predicted molar refractivity (Wildman–Crippen MR) is 97.0 cm³/mol. The molecule has 3 heterocycles. The van der Waals surface area contributed by atoms with E-state index in [-0.39, 0.29) is 0 Å². The first-order valence-electron chi connectivity index (χ1n) is 8.25. The minimum Gasteiger partial charge on any atom is -0.497 e. The number of nitrogens with zero attached hydrogens (tertiary/aromatic N) is 3. The number of aromatic nitrogens is 3. The highest BCUT2D eigenvalue weighted by molar-refractivity contribution is 5.65. The molecule has 0 atom stereocenters. The number of anilines is 2. The van der Waals surface area contributed by atoms with Gasteiger partial charge in [0.15, 0.2) is 5.82 Å². The number of hydrogen-bond donors (Lipinski definition) is 2. The lowest BCUT2D eigenvalue weighted by Gasteiger charge is -2.21. The number of ether oxygens (including phenoxy) is 1. The maximum Gasteiger partial charge on any atom is 0.161 e. The van der Waals surface area contributed by atoms with Crippen molar-refractivity contribution in [1.29, 1.82) is 0 Å². The molecule has 0 unspecified atom stereocenters. The van der Waals surface area contributed by atoms with Crippen LogP contribution in [0.3, 0.4) is 0 Å². The normalized spacial score (nSPS) is 13.2. The molecule has 0 aliphatic carbocycles. The molecular formula is C19H19N5O. The van der Waals surface area contributed by atoms with Gasteiger partial charge in [0.2, 0.25) is 0 Å². The van der Waals surface area contributed by atoms with Gasteiger partial charge < -0.3 is 15.4 Å². The van der Waals surface area contributed by atoms with Crippen LogP contribution in [0.2, 0.25) is 0 Å². The number of benzene rings is 1. The van der Waals surface area contributed by atoms with Crippen LogP contribution < -0.4 is 15.4 Å². The fourth-order valence-corrected chi connectivity index (χ4v) is 2.91. The summed E-state index contributed by atoms with van der Waals surface area (Å²) in [6, 6.07) is 11.7. The van der Waals surface area contributed by atoms with Crippen molar-refractivity contribution >= 4 is 11.5 Å². The molecule has 0 bridgehead atoms. The summed E-state index contributed by atoms with van der Waals surface area (Å²) in [7, 11) is 1.66. The maximum atomic E-state index is 5.31. The average Bonchev–Trinajstić information content (AvgIpc) is 2.69. The van der Waals surface area contributed by atoms with Crippen LogP contribution >= 0.6 is 0 Å². The van der Waals surface area contributed by atoms with Crippen LogP contribution in [-0.4, -0.2) is 28.6 Å². The second-order valence-electron chi connectivity index (χ2n) is 5.84. The molecule has 1 aliphatic heterocycles. The molecule has 6 nitrogen and oxygen atoms in total. The molecule has 126 valence electrons. The fraction of sp³-hybridized carbons (Fsp3) is 0.211. The Morgan fingerprint density at radius 1 is 1.12 bits per heavy atom. The van der Waals surface area contributed by atoms with Gasteiger partial charge in [-0.05, 0) is 24.3 Å². The third kappa shape index (κ3) is 3.29. The Morgan fingerprint density at radius 3 is 2.84 bits per heavy atom. The standard InChI is InChI=1S/C19H19N5O/c1-25-15-4-2-3-14(11-15)22-19-16-12-21-10-7-17(16)23-18(24-19)13-5-8-20-9-6-13/h2-6,8-9,11,21H,7,10,12H2,1H3,(H,22,23,24). The van der Waals surface area contributed by atoms with Crippen LogP contribution in [0.1, 0.15) is 11.3 Å². The largest absolute Gasteiger partial charge is 0.497 e. The van der Waals surface area contributed by atoms with E-state index in [1.165, 1.54) is 0 Å². The highest BCUT2D eigenvalue weighted by Gasteiger charge is 2.18. The Morgan fingerprint density at radius 2 is 2.00 bits per heavy atom. The van der Waals surface area contributed by atoms with Crippen molar-refractivity contribution in [3.63, 3.8) is 0 Å². The van der Waals surface area contributed by atoms with Crippen molar-refractivity contribution in [3.8, 4) is 17.1 Å². The third-order valence-electron chi connectivity index (χ3n) is 4.20. The van der Waals surface area contributed by atoms with E-state index in [1.807, 2.05) is 36.4 Å². The van der Waals surface area contributed by atoms with Gasteiger partial charge in [-0.15, -0.1) is 0 Å². The summed E-state index contributed by atoms with van der Waals surface area (Å²) in [4.78, 5) is 13.6. The summed E-state index contributed by atoms with van der Waals surface area (Å²) in [5.74, 6) is 2.35. The SMILES string of the molecule is COc1cccc(Nc2nc(-c3ccncc3)nc3c2CNCC3)c1. The minimum absolute atomic E-state index is 0.716. The molecule has 4 rings (SSSR count). The van der Waals surface area contributed by atoms with Gasteiger partial charge in [0.05, 0.1) is 12.8 Å². The molecule has 2 N–H and O–H groups in total. The zero-order valence-electron chi connectivity index (χ0n) is 14.0. The van der Waals surface area contributed by atoms with E-state index >= 15 is 0 Å². The van der Waals surface area contributed by atoms with E-state index in [9.17, 15) is 0 Å². The summed E-state index contributed by atoms with van der Waals surface area (Å²) in [5, 5.41) is 6.82. The summed E-state index contributed by atoms with van der Waals surface area (Å²) < 4.78 is 5.31. The number of nitrogens with one attached hydrogen (secondary N) is 2. The van der Waals surface area contributed by atoms with E-state index in [1.54, 1.807) is 19.5 Å². The Hall–Kier alpha value is -2.99. The first-order chi connectivity index (χ1) is 12.3. The van der Waals surface area contributed by atoms with Crippen molar-refractivity contribution in [3.05, 3.63) is 60.0 Å². The molecule has 1 aliphatic rings. The Balaban J connectivity index is 1.77. The molecule has 0 saturated carbocycles. The highest BCUT2D eigenvalue weighted by atomic mass is 16.5. The van der Waals surface area contributed by atoms with Crippen LogP contribution in [-0.2, 0) is 13.0 Å². The Bertz CT molecular complexity index is 882. The lowest BCUT2D eigenvalue weighted by molar-refractivity contribution is 0.415. The van der Waals surface area contributed by atoms with Crippen molar-refractivity contribution in [1.82, 2.24) is 20.3 Å². The predicted octanol–water partition coefficient (Wildman–Crippen LogP) is 2.94. The zero-order chi connectivity index (χ0) is 17.1. The molecule has 6 heteroatoms. The number of methoxy groups -OCH3 is 1. The number of fused-ring (bicyclic) bond motifs is 1. The zero-order valence-corrected chi connectivity index (χ0v) is 14.0. The molecule has 0 fully saturated rings.